The minimum Gasteiger partial charge on any atom is -0.311 e. The average molecular weight is 396 g/mol. The van der Waals surface area contributed by atoms with Crippen molar-refractivity contribution in [2.75, 3.05) is 0 Å². The quantitative estimate of drug-likeness (QED) is 0.682. The van der Waals surface area contributed by atoms with E-state index in [0.717, 1.165) is 11.6 Å². The van der Waals surface area contributed by atoms with Gasteiger partial charge in [0.25, 0.3) is 5.56 Å². The second-order valence-corrected chi connectivity index (χ2v) is 7.21. The molecule has 0 aromatic carbocycles. The van der Waals surface area contributed by atoms with Crippen LogP contribution in [0, 0.1) is 28.6 Å². The molecule has 0 aliphatic heterocycles. The van der Waals surface area contributed by atoms with Gasteiger partial charge in [0.15, 0.2) is 0 Å². The maximum absolute atomic E-state index is 14.4. The SMILES string of the molecule is CCC(=N)C(Cc1nc(C2=CCC(C#N)=CC2)cc(=O)[nH]1)C1CC=C(F)C=C1F. The monoisotopic (exact) mass is 396 g/mol. The Morgan fingerprint density at radius 1 is 1.38 bits per heavy atom. The molecule has 0 amide bonds. The van der Waals surface area contributed by atoms with Gasteiger partial charge in [-0.2, -0.15) is 5.26 Å². The van der Waals surface area contributed by atoms with E-state index in [1.165, 1.54) is 12.1 Å². The smallest absolute Gasteiger partial charge is 0.251 e. The minimum absolute atomic E-state index is 0.165. The van der Waals surface area contributed by atoms with Crippen LogP contribution in [0.1, 0.15) is 44.1 Å². The van der Waals surface area contributed by atoms with E-state index in [-0.39, 0.29) is 18.4 Å². The van der Waals surface area contributed by atoms with Crippen molar-refractivity contribution < 1.29 is 8.78 Å². The number of rotatable bonds is 6. The van der Waals surface area contributed by atoms with E-state index in [1.54, 1.807) is 0 Å². The highest BCUT2D eigenvalue weighted by Gasteiger charge is 2.31. The number of hydrogen-bond acceptors (Lipinski definition) is 4. The van der Waals surface area contributed by atoms with E-state index < -0.39 is 23.5 Å². The highest BCUT2D eigenvalue weighted by molar-refractivity contribution is 5.84. The molecule has 1 aromatic rings. The lowest BCUT2D eigenvalue weighted by atomic mass is 9.79. The van der Waals surface area contributed by atoms with Gasteiger partial charge in [-0.25, -0.2) is 13.8 Å². The molecule has 7 heteroatoms. The number of nitrogens with one attached hydrogen (secondary N) is 2. The summed E-state index contributed by atoms with van der Waals surface area (Å²) in [4.78, 5) is 19.4. The van der Waals surface area contributed by atoms with Crippen molar-refractivity contribution in [3.63, 3.8) is 0 Å². The van der Waals surface area contributed by atoms with Gasteiger partial charge in [0, 0.05) is 48.1 Å². The van der Waals surface area contributed by atoms with E-state index in [4.69, 9.17) is 10.7 Å². The maximum atomic E-state index is 14.4. The number of aromatic amines is 1. The summed E-state index contributed by atoms with van der Waals surface area (Å²) in [6.07, 6.45) is 7.67. The van der Waals surface area contributed by atoms with Crippen molar-refractivity contribution in [1.82, 2.24) is 9.97 Å². The summed E-state index contributed by atoms with van der Waals surface area (Å²) < 4.78 is 27.8. The predicted molar refractivity (Wildman–Crippen MR) is 107 cm³/mol. The molecular weight excluding hydrogens is 374 g/mol. The Morgan fingerprint density at radius 3 is 2.79 bits per heavy atom. The predicted octanol–water partition coefficient (Wildman–Crippen LogP) is 4.71. The molecule has 29 heavy (non-hydrogen) atoms. The summed E-state index contributed by atoms with van der Waals surface area (Å²) in [6.45, 7) is 1.81. The van der Waals surface area contributed by atoms with Crippen LogP contribution in [0.4, 0.5) is 8.78 Å². The largest absolute Gasteiger partial charge is 0.311 e. The normalized spacial score (nSPS) is 20.0. The van der Waals surface area contributed by atoms with Gasteiger partial charge in [-0.05, 0) is 30.9 Å². The van der Waals surface area contributed by atoms with Crippen molar-refractivity contribution in [1.29, 1.82) is 10.7 Å². The number of hydrogen-bond donors (Lipinski definition) is 2. The number of allylic oxidation sites excluding steroid dienone is 8. The fourth-order valence-electron chi connectivity index (χ4n) is 3.69. The first-order chi connectivity index (χ1) is 13.9. The molecule has 0 radical (unpaired) electrons. The van der Waals surface area contributed by atoms with Crippen LogP contribution in [-0.4, -0.2) is 15.7 Å². The summed E-state index contributed by atoms with van der Waals surface area (Å²) in [7, 11) is 0. The molecule has 0 spiro atoms. The molecule has 0 bridgehead atoms. The molecule has 0 saturated heterocycles. The second kappa shape index (κ2) is 8.91. The van der Waals surface area contributed by atoms with Gasteiger partial charge in [-0.15, -0.1) is 0 Å². The van der Waals surface area contributed by atoms with Crippen molar-refractivity contribution >= 4 is 11.3 Å². The Balaban J connectivity index is 1.88. The average Bonchev–Trinajstić information content (AvgIpc) is 2.71. The number of nitrogens with zero attached hydrogens (tertiary/aromatic N) is 2. The molecule has 2 atom stereocenters. The van der Waals surface area contributed by atoms with Crippen molar-refractivity contribution in [2.24, 2.45) is 11.8 Å². The summed E-state index contributed by atoms with van der Waals surface area (Å²) in [6, 6.07) is 3.52. The van der Waals surface area contributed by atoms with E-state index in [0.29, 0.717) is 42.1 Å². The van der Waals surface area contributed by atoms with Gasteiger partial charge in [0.2, 0.25) is 0 Å². The van der Waals surface area contributed by atoms with Crippen LogP contribution < -0.4 is 5.56 Å². The van der Waals surface area contributed by atoms with Gasteiger partial charge in [0.1, 0.15) is 17.5 Å². The molecule has 2 aliphatic carbocycles. The Kier molecular flexibility index (Phi) is 6.32. The molecule has 2 unspecified atom stereocenters. The first-order valence-electron chi connectivity index (χ1n) is 9.60. The van der Waals surface area contributed by atoms with Crippen LogP contribution >= 0.6 is 0 Å². The molecule has 0 fully saturated rings. The van der Waals surface area contributed by atoms with Crippen molar-refractivity contribution in [3.05, 3.63) is 69.5 Å². The van der Waals surface area contributed by atoms with Crippen LogP contribution in [0.3, 0.4) is 0 Å². The zero-order valence-electron chi connectivity index (χ0n) is 16.1. The van der Waals surface area contributed by atoms with Crippen LogP contribution in [-0.2, 0) is 6.42 Å². The molecule has 2 N–H and O–H groups in total. The number of H-pyrrole nitrogens is 1. The van der Waals surface area contributed by atoms with Gasteiger partial charge in [0.05, 0.1) is 11.8 Å². The highest BCUT2D eigenvalue weighted by Crippen LogP contribution is 2.34. The summed E-state index contributed by atoms with van der Waals surface area (Å²) >= 11 is 0. The fraction of sp³-hybridized carbons (Fsp3) is 0.364. The minimum atomic E-state index is -0.647. The highest BCUT2D eigenvalue weighted by atomic mass is 19.1. The second-order valence-electron chi connectivity index (χ2n) is 7.21. The standard InChI is InChI=1S/C22H22F2N4O/c1-2-19(26)17(16-8-7-15(23)9-18(16)24)10-21-27-20(11-22(29)28-21)14-5-3-13(12-25)4-6-14/h3,6-7,9,11,16-17,26H,2,4-5,8,10H2,1H3,(H,27,28,29). The maximum Gasteiger partial charge on any atom is 0.251 e. The van der Waals surface area contributed by atoms with Gasteiger partial charge in [-0.3, -0.25) is 4.79 Å². The number of nitriles is 1. The topological polar surface area (TPSA) is 93.4 Å². The third kappa shape index (κ3) is 4.83. The zero-order chi connectivity index (χ0) is 21.0. The Bertz CT molecular complexity index is 1040. The molecule has 5 nitrogen and oxygen atoms in total. The Morgan fingerprint density at radius 2 is 2.17 bits per heavy atom. The van der Waals surface area contributed by atoms with Gasteiger partial charge >= 0.3 is 0 Å². The first-order valence-corrected chi connectivity index (χ1v) is 9.60. The molecule has 2 aliphatic rings. The van der Waals surface area contributed by atoms with E-state index in [9.17, 15) is 13.6 Å². The first kappa shape index (κ1) is 20.6. The van der Waals surface area contributed by atoms with E-state index in [1.807, 2.05) is 19.1 Å². The van der Waals surface area contributed by atoms with Gasteiger partial charge in [-0.1, -0.05) is 19.1 Å². The van der Waals surface area contributed by atoms with E-state index >= 15 is 0 Å². The lowest BCUT2D eigenvalue weighted by Gasteiger charge is -2.27. The summed E-state index contributed by atoms with van der Waals surface area (Å²) in [5.74, 6) is -2.00. The van der Waals surface area contributed by atoms with Crippen molar-refractivity contribution in [3.8, 4) is 6.07 Å². The lowest BCUT2D eigenvalue weighted by Crippen LogP contribution is -2.28. The third-order valence-corrected chi connectivity index (χ3v) is 5.32. The molecular formula is C22H22F2N4O. The number of halogens is 2. The fourth-order valence-corrected chi connectivity index (χ4v) is 3.69. The van der Waals surface area contributed by atoms with Gasteiger partial charge < -0.3 is 10.4 Å². The van der Waals surface area contributed by atoms with Crippen LogP contribution in [0.2, 0.25) is 0 Å². The van der Waals surface area contributed by atoms with Crippen molar-refractivity contribution in [2.45, 2.75) is 39.0 Å². The molecule has 3 rings (SSSR count). The Labute approximate surface area is 167 Å². The zero-order valence-corrected chi connectivity index (χ0v) is 16.1. The Hall–Kier alpha value is -3.14. The molecule has 150 valence electrons. The van der Waals surface area contributed by atoms with Crippen LogP contribution in [0.5, 0.6) is 0 Å². The van der Waals surface area contributed by atoms with E-state index in [2.05, 4.69) is 16.0 Å². The number of aromatic nitrogens is 2. The summed E-state index contributed by atoms with van der Waals surface area (Å²) in [5.41, 5.74) is 2.06. The van der Waals surface area contributed by atoms with Crippen LogP contribution in [0.25, 0.3) is 5.57 Å². The molecule has 0 saturated carbocycles. The lowest BCUT2D eigenvalue weighted by molar-refractivity contribution is 0.373. The summed E-state index contributed by atoms with van der Waals surface area (Å²) in [5, 5.41) is 17.3. The molecule has 1 aromatic heterocycles. The molecule has 1 heterocycles. The third-order valence-electron chi connectivity index (χ3n) is 5.32. The van der Waals surface area contributed by atoms with Crippen LogP contribution in [0.15, 0.2) is 52.4 Å².